The maximum atomic E-state index is 13.1. The van der Waals surface area contributed by atoms with Crippen LogP contribution in [0.4, 0.5) is 0 Å². The van der Waals surface area contributed by atoms with Crippen molar-refractivity contribution >= 4 is 17.0 Å². The largest absolute Gasteiger partial charge is 0.496 e. The first-order chi connectivity index (χ1) is 15.5. The average Bonchev–Trinajstić information content (AvgIpc) is 2.84. The number of hydrogen-bond acceptors (Lipinski definition) is 6. The molecule has 0 unspecified atom stereocenters. The van der Waals surface area contributed by atoms with Crippen molar-refractivity contribution in [2.24, 2.45) is 7.05 Å². The molecule has 4 aromatic rings. The van der Waals surface area contributed by atoms with Crippen molar-refractivity contribution in [3.8, 4) is 17.0 Å². The number of ether oxygens (including phenoxy) is 2. The van der Waals surface area contributed by atoms with Crippen molar-refractivity contribution < 1.29 is 14.3 Å². The second-order valence-corrected chi connectivity index (χ2v) is 7.16. The van der Waals surface area contributed by atoms with Crippen molar-refractivity contribution in [2.45, 2.75) is 6.54 Å². The molecular weight excluding hydrogens is 410 g/mol. The van der Waals surface area contributed by atoms with Gasteiger partial charge in [0.15, 0.2) is 5.65 Å². The van der Waals surface area contributed by atoms with Gasteiger partial charge in [-0.2, -0.15) is 0 Å². The lowest BCUT2D eigenvalue weighted by atomic mass is 10.1. The number of pyridine rings is 1. The summed E-state index contributed by atoms with van der Waals surface area (Å²) in [5.41, 5.74) is 0.817. The Morgan fingerprint density at radius 3 is 2.38 bits per heavy atom. The Morgan fingerprint density at radius 1 is 1.00 bits per heavy atom. The highest BCUT2D eigenvalue weighted by molar-refractivity contribution is 6.03. The van der Waals surface area contributed by atoms with Crippen LogP contribution in [0.1, 0.15) is 15.9 Å². The molecule has 8 heteroatoms. The number of carbonyl (C=O) groups is 1. The van der Waals surface area contributed by atoms with Crippen LogP contribution >= 0.6 is 0 Å². The molecule has 2 aromatic carbocycles. The summed E-state index contributed by atoms with van der Waals surface area (Å²) in [5, 5.41) is 0.0218. The van der Waals surface area contributed by atoms with Gasteiger partial charge in [-0.05, 0) is 23.8 Å². The highest BCUT2D eigenvalue weighted by Crippen LogP contribution is 2.30. The minimum absolute atomic E-state index is 0.0218. The number of benzene rings is 2. The van der Waals surface area contributed by atoms with Gasteiger partial charge in [-0.25, -0.2) is 14.6 Å². The van der Waals surface area contributed by atoms with Gasteiger partial charge in [-0.15, -0.1) is 0 Å². The Morgan fingerprint density at radius 2 is 1.69 bits per heavy atom. The van der Waals surface area contributed by atoms with Gasteiger partial charge < -0.3 is 9.47 Å². The van der Waals surface area contributed by atoms with Crippen LogP contribution in [0.25, 0.3) is 22.3 Å². The van der Waals surface area contributed by atoms with Gasteiger partial charge in [0.05, 0.1) is 37.4 Å². The lowest BCUT2D eigenvalue weighted by molar-refractivity contribution is 0.0603. The maximum Gasteiger partial charge on any atom is 0.338 e. The smallest absolute Gasteiger partial charge is 0.338 e. The number of aromatic nitrogens is 3. The van der Waals surface area contributed by atoms with Gasteiger partial charge in [-0.3, -0.25) is 13.9 Å². The van der Waals surface area contributed by atoms with Crippen LogP contribution in [0.3, 0.4) is 0 Å². The molecule has 0 fully saturated rings. The molecule has 162 valence electrons. The minimum atomic E-state index is -0.699. The van der Waals surface area contributed by atoms with E-state index in [0.717, 1.165) is 10.1 Å². The number of esters is 1. The molecule has 0 amide bonds. The molecule has 0 N–H and O–H groups in total. The highest BCUT2D eigenvalue weighted by atomic mass is 16.5. The van der Waals surface area contributed by atoms with Gasteiger partial charge >= 0.3 is 11.7 Å². The zero-order valence-electron chi connectivity index (χ0n) is 17.9. The fourth-order valence-electron chi connectivity index (χ4n) is 3.64. The van der Waals surface area contributed by atoms with Crippen LogP contribution < -0.4 is 16.0 Å². The predicted octanol–water partition coefficient (Wildman–Crippen LogP) is 2.61. The Hall–Kier alpha value is -4.20. The molecule has 4 rings (SSSR count). The fourth-order valence-corrected chi connectivity index (χ4v) is 3.64. The Balaban J connectivity index is 2.13. The quantitative estimate of drug-likeness (QED) is 0.451. The average molecular weight is 431 g/mol. The van der Waals surface area contributed by atoms with Gasteiger partial charge in [0.25, 0.3) is 5.56 Å². The molecule has 0 aliphatic heterocycles. The Bertz CT molecular complexity index is 1440. The van der Waals surface area contributed by atoms with Gasteiger partial charge in [-0.1, -0.05) is 42.5 Å². The minimum Gasteiger partial charge on any atom is -0.496 e. The normalized spacial score (nSPS) is 10.8. The first kappa shape index (κ1) is 21.0. The molecule has 0 saturated heterocycles. The molecule has 0 bridgehead atoms. The summed E-state index contributed by atoms with van der Waals surface area (Å²) in [6.07, 6.45) is 0. The summed E-state index contributed by atoms with van der Waals surface area (Å²) < 4.78 is 12.7. The zero-order chi connectivity index (χ0) is 22.8. The van der Waals surface area contributed by atoms with Gasteiger partial charge in [0, 0.05) is 12.6 Å². The van der Waals surface area contributed by atoms with E-state index in [9.17, 15) is 14.4 Å². The van der Waals surface area contributed by atoms with Crippen LogP contribution in [0, 0.1) is 0 Å². The molecule has 0 spiro atoms. The number of carbonyl (C=O) groups excluding carboxylic acids is 1. The third-order valence-corrected chi connectivity index (χ3v) is 5.26. The van der Waals surface area contributed by atoms with E-state index >= 15 is 0 Å². The SMILES string of the molecule is COC(=O)c1cc(-c2ccccc2OC)nc2c1c(=O)n(C)c(=O)n2Cc1ccccc1. The second kappa shape index (κ2) is 8.50. The molecular formula is C24H21N3O5. The van der Waals surface area contributed by atoms with E-state index in [1.54, 1.807) is 12.1 Å². The lowest BCUT2D eigenvalue weighted by Crippen LogP contribution is -2.39. The van der Waals surface area contributed by atoms with Crippen molar-refractivity contribution in [2.75, 3.05) is 14.2 Å². The molecule has 0 aliphatic rings. The molecule has 0 saturated carbocycles. The maximum absolute atomic E-state index is 13.1. The topological polar surface area (TPSA) is 92.4 Å². The number of rotatable bonds is 5. The zero-order valence-corrected chi connectivity index (χ0v) is 17.9. The van der Waals surface area contributed by atoms with E-state index in [-0.39, 0.29) is 23.1 Å². The lowest BCUT2D eigenvalue weighted by Gasteiger charge is -2.15. The van der Waals surface area contributed by atoms with E-state index in [1.807, 2.05) is 42.5 Å². The summed E-state index contributed by atoms with van der Waals surface area (Å²) in [7, 11) is 4.14. The second-order valence-electron chi connectivity index (χ2n) is 7.16. The number of fused-ring (bicyclic) bond motifs is 1. The van der Waals surface area contributed by atoms with Crippen molar-refractivity contribution in [3.05, 3.63) is 92.6 Å². The monoisotopic (exact) mass is 431 g/mol. The molecule has 2 heterocycles. The molecule has 0 radical (unpaired) electrons. The third kappa shape index (κ3) is 3.56. The first-order valence-corrected chi connectivity index (χ1v) is 9.86. The van der Waals surface area contributed by atoms with Crippen molar-refractivity contribution in [3.63, 3.8) is 0 Å². The summed E-state index contributed by atoms with van der Waals surface area (Å²) in [5.74, 6) is -0.161. The van der Waals surface area contributed by atoms with E-state index in [2.05, 4.69) is 4.98 Å². The highest BCUT2D eigenvalue weighted by Gasteiger charge is 2.23. The standard InChI is InChI=1S/C24H21N3O5/c1-26-22(28)20-17(23(29)32-3)13-18(16-11-7-8-12-19(16)31-2)25-21(20)27(24(26)30)14-15-9-5-4-6-10-15/h4-13H,14H2,1-3H3. The summed E-state index contributed by atoms with van der Waals surface area (Å²) >= 11 is 0. The molecule has 32 heavy (non-hydrogen) atoms. The van der Waals surface area contributed by atoms with E-state index < -0.39 is 17.2 Å². The first-order valence-electron chi connectivity index (χ1n) is 9.86. The Labute approximate surface area is 183 Å². The number of methoxy groups -OCH3 is 2. The molecule has 2 aromatic heterocycles. The van der Waals surface area contributed by atoms with Crippen LogP contribution in [0.2, 0.25) is 0 Å². The number of nitrogens with zero attached hydrogens (tertiary/aromatic N) is 3. The van der Waals surface area contributed by atoms with Crippen molar-refractivity contribution in [1.29, 1.82) is 0 Å². The van der Waals surface area contributed by atoms with Crippen LogP contribution in [-0.2, 0) is 18.3 Å². The van der Waals surface area contributed by atoms with Crippen molar-refractivity contribution in [1.82, 2.24) is 14.1 Å². The summed E-state index contributed by atoms with van der Waals surface area (Å²) in [6, 6.07) is 18.0. The predicted molar refractivity (Wildman–Crippen MR) is 120 cm³/mol. The number of para-hydroxylation sites is 1. The molecule has 0 atom stereocenters. The van der Waals surface area contributed by atoms with Crippen LogP contribution in [0.15, 0.2) is 70.3 Å². The van der Waals surface area contributed by atoms with Crippen LogP contribution in [0.5, 0.6) is 5.75 Å². The van der Waals surface area contributed by atoms with Crippen LogP contribution in [-0.4, -0.2) is 34.3 Å². The molecule has 0 aliphatic carbocycles. The van der Waals surface area contributed by atoms with E-state index in [4.69, 9.17) is 9.47 Å². The van der Waals surface area contributed by atoms with E-state index in [1.165, 1.54) is 31.9 Å². The summed E-state index contributed by atoms with van der Waals surface area (Å²) in [4.78, 5) is 43.4. The third-order valence-electron chi connectivity index (χ3n) is 5.26. The van der Waals surface area contributed by atoms with Gasteiger partial charge in [0.1, 0.15) is 5.75 Å². The summed E-state index contributed by atoms with van der Waals surface area (Å²) in [6.45, 7) is 0.174. The fraction of sp³-hybridized carbons (Fsp3) is 0.167. The molecule has 8 nitrogen and oxygen atoms in total. The van der Waals surface area contributed by atoms with Gasteiger partial charge in [0.2, 0.25) is 0 Å². The van der Waals surface area contributed by atoms with E-state index in [0.29, 0.717) is 17.0 Å². The number of hydrogen-bond donors (Lipinski definition) is 0. The Kier molecular flexibility index (Phi) is 5.59.